The molecule has 0 spiro atoms. The molecule has 1 aliphatic carbocycles. The highest BCUT2D eigenvalue weighted by Crippen LogP contribution is 2.62. The van der Waals surface area contributed by atoms with Gasteiger partial charge in [0.05, 0.1) is 5.54 Å². The quantitative estimate of drug-likeness (QED) is 0.192. The molecule has 44 heavy (non-hydrogen) atoms. The van der Waals surface area contributed by atoms with Gasteiger partial charge < -0.3 is 4.90 Å². The molecule has 1 heteroatoms. The molecule has 9 rings (SSSR count). The van der Waals surface area contributed by atoms with Gasteiger partial charge in [0.1, 0.15) is 0 Å². The summed E-state index contributed by atoms with van der Waals surface area (Å²) in [6.07, 6.45) is 5.02. The van der Waals surface area contributed by atoms with Crippen molar-refractivity contribution in [3.63, 3.8) is 0 Å². The normalized spacial score (nSPS) is 21.3. The molecule has 1 saturated carbocycles. The summed E-state index contributed by atoms with van der Waals surface area (Å²) in [5.74, 6) is 0. The van der Waals surface area contributed by atoms with Crippen LogP contribution in [0.1, 0.15) is 50.7 Å². The monoisotopic (exact) mass is 567 g/mol. The third-order valence-corrected chi connectivity index (χ3v) is 11.5. The lowest BCUT2D eigenvalue weighted by molar-refractivity contribution is 0.195. The van der Waals surface area contributed by atoms with E-state index in [1.54, 1.807) is 0 Å². The van der Waals surface area contributed by atoms with Crippen molar-refractivity contribution in [1.29, 1.82) is 0 Å². The SMILES string of the molecule is Cc1cc(-c2ccc3ccc4c(-c5ccccc5)ccc5ccc2c3c54)cc2c1N(c1ccccc1)C1(C)CCCCC21C. The molecule has 7 aromatic rings. The molecule has 0 saturated heterocycles. The second-order valence-corrected chi connectivity index (χ2v) is 13.7. The number of para-hydroxylation sites is 1. The second-order valence-electron chi connectivity index (χ2n) is 13.7. The Bertz CT molecular complexity index is 2210. The van der Waals surface area contributed by atoms with Crippen LogP contribution in [0.3, 0.4) is 0 Å². The molecule has 2 aliphatic rings. The van der Waals surface area contributed by atoms with Crippen LogP contribution in [0.5, 0.6) is 0 Å². The van der Waals surface area contributed by atoms with Crippen LogP contribution in [-0.4, -0.2) is 5.54 Å². The van der Waals surface area contributed by atoms with Crippen LogP contribution in [0.2, 0.25) is 0 Å². The summed E-state index contributed by atoms with van der Waals surface area (Å²) < 4.78 is 0. The van der Waals surface area contributed by atoms with E-state index in [0.29, 0.717) is 0 Å². The Morgan fingerprint density at radius 3 is 1.80 bits per heavy atom. The zero-order chi connectivity index (χ0) is 29.6. The van der Waals surface area contributed by atoms with E-state index in [-0.39, 0.29) is 11.0 Å². The first-order valence-corrected chi connectivity index (χ1v) is 16.2. The fourth-order valence-corrected chi connectivity index (χ4v) is 9.09. The van der Waals surface area contributed by atoms with Crippen LogP contribution in [0.4, 0.5) is 11.4 Å². The lowest BCUT2D eigenvalue weighted by atomic mass is 9.61. The van der Waals surface area contributed by atoms with Gasteiger partial charge in [-0.3, -0.25) is 0 Å². The maximum atomic E-state index is 2.70. The summed E-state index contributed by atoms with van der Waals surface area (Å²) in [6, 6.07) is 45.6. The van der Waals surface area contributed by atoms with Gasteiger partial charge in [0, 0.05) is 16.8 Å². The zero-order valence-corrected chi connectivity index (χ0v) is 25.8. The van der Waals surface area contributed by atoms with Gasteiger partial charge in [0.2, 0.25) is 0 Å². The molecular weight excluding hydrogens is 530 g/mol. The van der Waals surface area contributed by atoms with Gasteiger partial charge in [-0.1, -0.05) is 117 Å². The molecule has 214 valence electrons. The summed E-state index contributed by atoms with van der Waals surface area (Å²) >= 11 is 0. The van der Waals surface area contributed by atoms with Crippen molar-refractivity contribution in [3.05, 3.63) is 132 Å². The Kier molecular flexibility index (Phi) is 5.40. The molecular formula is C43H37N. The van der Waals surface area contributed by atoms with Crippen LogP contribution in [0.25, 0.3) is 54.6 Å². The minimum Gasteiger partial charge on any atom is -0.334 e. The molecule has 1 aliphatic heterocycles. The highest BCUT2D eigenvalue weighted by atomic mass is 15.3. The average molecular weight is 568 g/mol. The lowest BCUT2D eigenvalue weighted by Crippen LogP contribution is -2.54. The Morgan fingerprint density at radius 2 is 1.14 bits per heavy atom. The molecule has 1 fully saturated rings. The van der Waals surface area contributed by atoms with Crippen molar-refractivity contribution in [2.24, 2.45) is 0 Å². The van der Waals surface area contributed by atoms with Gasteiger partial charge in [0.25, 0.3) is 0 Å². The number of anilines is 2. The first-order valence-electron chi connectivity index (χ1n) is 16.2. The summed E-state index contributed by atoms with van der Waals surface area (Å²) in [7, 11) is 0. The van der Waals surface area contributed by atoms with E-state index < -0.39 is 0 Å². The third-order valence-electron chi connectivity index (χ3n) is 11.5. The number of hydrogen-bond acceptors (Lipinski definition) is 1. The van der Waals surface area contributed by atoms with Crippen molar-refractivity contribution < 1.29 is 0 Å². The van der Waals surface area contributed by atoms with Gasteiger partial charge in [-0.05, 0) is 117 Å². The molecule has 1 heterocycles. The van der Waals surface area contributed by atoms with Crippen molar-refractivity contribution in [3.8, 4) is 22.3 Å². The van der Waals surface area contributed by atoms with E-state index in [4.69, 9.17) is 0 Å². The van der Waals surface area contributed by atoms with Crippen LogP contribution >= 0.6 is 0 Å². The molecule has 0 radical (unpaired) electrons. The van der Waals surface area contributed by atoms with Gasteiger partial charge >= 0.3 is 0 Å². The Balaban J connectivity index is 1.30. The number of hydrogen-bond donors (Lipinski definition) is 0. The highest BCUT2D eigenvalue weighted by Gasteiger charge is 2.58. The van der Waals surface area contributed by atoms with E-state index >= 15 is 0 Å². The topological polar surface area (TPSA) is 3.24 Å². The van der Waals surface area contributed by atoms with Crippen molar-refractivity contribution >= 4 is 43.7 Å². The largest absolute Gasteiger partial charge is 0.334 e. The Morgan fingerprint density at radius 1 is 0.568 bits per heavy atom. The summed E-state index contributed by atoms with van der Waals surface area (Å²) in [5.41, 5.74) is 11.0. The molecule has 1 nitrogen and oxygen atoms in total. The number of rotatable bonds is 3. The summed E-state index contributed by atoms with van der Waals surface area (Å²) in [4.78, 5) is 2.70. The van der Waals surface area contributed by atoms with Crippen LogP contribution < -0.4 is 4.90 Å². The fraction of sp³-hybridized carbons (Fsp3) is 0.209. The number of nitrogens with zero attached hydrogens (tertiary/aromatic N) is 1. The van der Waals surface area contributed by atoms with Crippen molar-refractivity contribution in [2.75, 3.05) is 4.90 Å². The van der Waals surface area contributed by atoms with Gasteiger partial charge in [-0.25, -0.2) is 0 Å². The van der Waals surface area contributed by atoms with Crippen LogP contribution in [-0.2, 0) is 5.41 Å². The third kappa shape index (κ3) is 3.36. The van der Waals surface area contributed by atoms with E-state index in [2.05, 4.69) is 147 Å². The summed E-state index contributed by atoms with van der Waals surface area (Å²) in [5, 5.41) is 8.06. The van der Waals surface area contributed by atoms with Crippen LogP contribution in [0.15, 0.2) is 121 Å². The second kappa shape index (κ2) is 9.19. The Hall–Kier alpha value is -4.62. The molecule has 0 N–H and O–H groups in total. The van der Waals surface area contributed by atoms with Gasteiger partial charge in [-0.15, -0.1) is 0 Å². The molecule has 0 bridgehead atoms. The average Bonchev–Trinajstić information content (AvgIpc) is 3.28. The maximum Gasteiger partial charge on any atom is 0.0518 e. The maximum absolute atomic E-state index is 2.70. The number of aryl methyl sites for hydroxylation is 1. The van der Waals surface area contributed by atoms with E-state index in [1.165, 1.54) is 103 Å². The first kappa shape index (κ1) is 25.8. The van der Waals surface area contributed by atoms with E-state index in [9.17, 15) is 0 Å². The highest BCUT2D eigenvalue weighted by molar-refractivity contribution is 6.27. The lowest BCUT2D eigenvalue weighted by Gasteiger charge is -2.50. The smallest absolute Gasteiger partial charge is 0.0518 e. The molecule has 7 aromatic carbocycles. The van der Waals surface area contributed by atoms with E-state index in [1.807, 2.05) is 0 Å². The molecule has 0 amide bonds. The summed E-state index contributed by atoms with van der Waals surface area (Å²) in [6.45, 7) is 7.41. The standard InChI is InChI=1S/C43H37N/c1-28-26-32(27-38-41(28)44(33-14-8-5-9-15-33)43(3)25-11-10-24-42(38,43)2)35-21-17-31-18-22-36-34(29-12-6-4-7-13-29)20-16-30-19-23-37(35)40(31)39(30)36/h4-9,12-23,26-27H,10-11,24-25H2,1-3H3. The molecule has 2 unspecified atom stereocenters. The minimum absolute atomic E-state index is 0.0504. The van der Waals surface area contributed by atoms with Crippen LogP contribution in [0, 0.1) is 6.92 Å². The predicted octanol–water partition coefficient (Wildman–Crippen LogP) is 12.0. The molecule has 0 aromatic heterocycles. The Labute approximate surface area is 260 Å². The van der Waals surface area contributed by atoms with Crippen molar-refractivity contribution in [2.45, 2.75) is 57.4 Å². The number of fused-ring (bicyclic) bond motifs is 3. The number of benzene rings is 7. The predicted molar refractivity (Wildman–Crippen MR) is 189 cm³/mol. The zero-order valence-electron chi connectivity index (χ0n) is 25.8. The van der Waals surface area contributed by atoms with Gasteiger partial charge in [-0.2, -0.15) is 0 Å². The first-order chi connectivity index (χ1) is 21.5. The van der Waals surface area contributed by atoms with Crippen molar-refractivity contribution in [1.82, 2.24) is 0 Å². The van der Waals surface area contributed by atoms with Gasteiger partial charge in [0.15, 0.2) is 0 Å². The minimum atomic E-state index is 0.0504. The fourth-order valence-electron chi connectivity index (χ4n) is 9.09. The molecule has 2 atom stereocenters. The van der Waals surface area contributed by atoms with E-state index in [0.717, 1.165) is 0 Å².